The number of methoxy groups -OCH3 is 1. The minimum atomic E-state index is -0.293. The third-order valence-corrected chi connectivity index (χ3v) is 3.74. The largest absolute Gasteiger partial charge is 0.480 e. The Morgan fingerprint density at radius 1 is 1.52 bits per heavy atom. The van der Waals surface area contributed by atoms with E-state index in [2.05, 4.69) is 15.6 Å². The van der Waals surface area contributed by atoms with Gasteiger partial charge in [0, 0.05) is 23.7 Å². The molecular weight excluding hydrogens is 288 g/mol. The number of rotatable bonds is 5. The standard InChI is InChI=1S/C14H22N4O2S/c1-9(11(19)17-14(2,3)4)15-8-10-12(20-5)16-13-18(10)6-7-21-13/h6-7,9,15H,8H2,1-5H3,(H,17,19). The van der Waals surface area contributed by atoms with Crippen LogP contribution in [0.5, 0.6) is 5.88 Å². The first-order valence-electron chi connectivity index (χ1n) is 6.85. The van der Waals surface area contributed by atoms with Gasteiger partial charge in [-0.05, 0) is 27.7 Å². The Hall–Kier alpha value is -1.60. The lowest BCUT2D eigenvalue weighted by Gasteiger charge is -2.23. The van der Waals surface area contributed by atoms with Crippen molar-refractivity contribution in [2.24, 2.45) is 0 Å². The minimum Gasteiger partial charge on any atom is -0.480 e. The molecule has 0 aliphatic rings. The maximum Gasteiger partial charge on any atom is 0.237 e. The zero-order chi connectivity index (χ0) is 15.6. The Labute approximate surface area is 128 Å². The van der Waals surface area contributed by atoms with Crippen LogP contribution in [0.25, 0.3) is 4.96 Å². The van der Waals surface area contributed by atoms with Crippen molar-refractivity contribution in [3.8, 4) is 5.88 Å². The number of nitrogens with zero attached hydrogens (tertiary/aromatic N) is 2. The molecule has 2 rings (SSSR count). The molecule has 1 unspecified atom stereocenters. The first kappa shape index (κ1) is 15.8. The van der Waals surface area contributed by atoms with Gasteiger partial charge in [0.15, 0.2) is 4.96 Å². The highest BCUT2D eigenvalue weighted by Crippen LogP contribution is 2.22. The van der Waals surface area contributed by atoms with Gasteiger partial charge in [-0.3, -0.25) is 9.20 Å². The molecule has 7 heteroatoms. The van der Waals surface area contributed by atoms with Crippen molar-refractivity contribution in [3.63, 3.8) is 0 Å². The van der Waals surface area contributed by atoms with Crippen molar-refractivity contribution >= 4 is 22.2 Å². The number of ether oxygens (including phenoxy) is 1. The molecule has 0 spiro atoms. The number of carbonyl (C=O) groups is 1. The summed E-state index contributed by atoms with van der Waals surface area (Å²) in [4.78, 5) is 17.3. The molecule has 116 valence electrons. The third kappa shape index (κ3) is 3.74. The lowest BCUT2D eigenvalue weighted by Crippen LogP contribution is -2.49. The number of imidazole rings is 1. The lowest BCUT2D eigenvalue weighted by atomic mass is 10.1. The number of fused-ring (bicyclic) bond motifs is 1. The molecule has 0 saturated heterocycles. The molecule has 0 fully saturated rings. The van der Waals surface area contributed by atoms with Crippen molar-refractivity contribution in [3.05, 3.63) is 17.3 Å². The van der Waals surface area contributed by atoms with Crippen LogP contribution in [-0.2, 0) is 11.3 Å². The highest BCUT2D eigenvalue weighted by Gasteiger charge is 2.20. The van der Waals surface area contributed by atoms with Crippen molar-refractivity contribution in [1.29, 1.82) is 0 Å². The quantitative estimate of drug-likeness (QED) is 0.883. The molecule has 0 aliphatic heterocycles. The smallest absolute Gasteiger partial charge is 0.237 e. The molecule has 6 nitrogen and oxygen atoms in total. The zero-order valence-corrected chi connectivity index (χ0v) is 13.9. The fraction of sp³-hybridized carbons (Fsp3) is 0.571. The number of amides is 1. The second kappa shape index (κ2) is 6.03. The van der Waals surface area contributed by atoms with Crippen molar-refractivity contribution in [2.45, 2.75) is 45.8 Å². The highest BCUT2D eigenvalue weighted by molar-refractivity contribution is 7.15. The van der Waals surface area contributed by atoms with Gasteiger partial charge in [0.25, 0.3) is 0 Å². The Morgan fingerprint density at radius 3 is 2.86 bits per heavy atom. The van der Waals surface area contributed by atoms with E-state index in [1.54, 1.807) is 18.4 Å². The molecule has 0 aromatic carbocycles. The van der Waals surface area contributed by atoms with Crippen LogP contribution in [-0.4, -0.2) is 34.0 Å². The second-order valence-corrected chi connectivity index (χ2v) is 6.84. The van der Waals surface area contributed by atoms with Gasteiger partial charge >= 0.3 is 0 Å². The average molecular weight is 310 g/mol. The van der Waals surface area contributed by atoms with Gasteiger partial charge in [0.2, 0.25) is 11.8 Å². The normalized spacial score (nSPS) is 13.4. The van der Waals surface area contributed by atoms with E-state index in [9.17, 15) is 4.79 Å². The average Bonchev–Trinajstić information content (AvgIpc) is 2.94. The van der Waals surface area contributed by atoms with Gasteiger partial charge in [-0.15, -0.1) is 11.3 Å². The van der Waals surface area contributed by atoms with E-state index in [-0.39, 0.29) is 17.5 Å². The van der Waals surface area contributed by atoms with Crippen LogP contribution >= 0.6 is 11.3 Å². The molecule has 2 aromatic rings. The van der Waals surface area contributed by atoms with Crippen LogP contribution in [0, 0.1) is 0 Å². The fourth-order valence-corrected chi connectivity index (χ4v) is 2.68. The van der Waals surface area contributed by atoms with Crippen LogP contribution in [0.1, 0.15) is 33.4 Å². The first-order valence-corrected chi connectivity index (χ1v) is 7.73. The summed E-state index contributed by atoms with van der Waals surface area (Å²) in [6, 6.07) is -0.293. The predicted octanol–water partition coefficient (Wildman–Crippen LogP) is 1.80. The van der Waals surface area contributed by atoms with Crippen LogP contribution in [0.15, 0.2) is 11.6 Å². The van der Waals surface area contributed by atoms with Gasteiger partial charge in [-0.25, -0.2) is 0 Å². The van der Waals surface area contributed by atoms with Crippen LogP contribution < -0.4 is 15.4 Å². The maximum absolute atomic E-state index is 12.1. The number of hydrogen-bond acceptors (Lipinski definition) is 5. The Morgan fingerprint density at radius 2 is 2.24 bits per heavy atom. The second-order valence-electron chi connectivity index (χ2n) is 5.97. The maximum atomic E-state index is 12.1. The summed E-state index contributed by atoms with van der Waals surface area (Å²) in [6.07, 6.45) is 1.95. The highest BCUT2D eigenvalue weighted by atomic mass is 32.1. The first-order chi connectivity index (χ1) is 9.81. The Kier molecular flexibility index (Phi) is 4.53. The van der Waals surface area contributed by atoms with Gasteiger partial charge in [0.05, 0.1) is 13.2 Å². The van der Waals surface area contributed by atoms with E-state index in [1.807, 2.05) is 43.7 Å². The van der Waals surface area contributed by atoms with Crippen molar-refractivity contribution in [1.82, 2.24) is 20.0 Å². The number of hydrogen-bond donors (Lipinski definition) is 2. The summed E-state index contributed by atoms with van der Waals surface area (Å²) in [5.41, 5.74) is 0.686. The SMILES string of the molecule is COc1nc2sccn2c1CNC(C)C(=O)NC(C)(C)C. The fourth-order valence-electron chi connectivity index (χ4n) is 1.96. The summed E-state index contributed by atoms with van der Waals surface area (Å²) in [5, 5.41) is 8.15. The molecule has 2 heterocycles. The van der Waals surface area contributed by atoms with E-state index < -0.39 is 0 Å². The van der Waals surface area contributed by atoms with Crippen LogP contribution in [0.4, 0.5) is 0 Å². The van der Waals surface area contributed by atoms with Gasteiger partial charge in [-0.1, -0.05) is 0 Å². The summed E-state index contributed by atoms with van der Waals surface area (Å²) >= 11 is 1.55. The summed E-state index contributed by atoms with van der Waals surface area (Å²) < 4.78 is 7.27. The van der Waals surface area contributed by atoms with E-state index in [1.165, 1.54) is 0 Å². The molecule has 1 atom stereocenters. The molecule has 2 N–H and O–H groups in total. The summed E-state index contributed by atoms with van der Waals surface area (Å²) in [6.45, 7) is 8.25. The van der Waals surface area contributed by atoms with E-state index in [4.69, 9.17) is 4.74 Å². The van der Waals surface area contributed by atoms with E-state index in [0.29, 0.717) is 12.4 Å². The molecule has 2 aromatic heterocycles. The Bertz CT molecular complexity index is 626. The molecule has 0 aliphatic carbocycles. The third-order valence-electron chi connectivity index (χ3n) is 2.98. The molecule has 0 saturated carbocycles. The number of aromatic nitrogens is 2. The minimum absolute atomic E-state index is 0.0208. The van der Waals surface area contributed by atoms with Gasteiger partial charge < -0.3 is 15.4 Å². The molecule has 0 bridgehead atoms. The summed E-state index contributed by atoms with van der Waals surface area (Å²) in [7, 11) is 1.60. The molecule has 0 radical (unpaired) electrons. The number of thiazole rings is 1. The molecular formula is C14H22N4O2S. The predicted molar refractivity (Wildman–Crippen MR) is 83.8 cm³/mol. The zero-order valence-electron chi connectivity index (χ0n) is 13.1. The number of carbonyl (C=O) groups excluding carboxylic acids is 1. The number of nitrogens with one attached hydrogen (secondary N) is 2. The van der Waals surface area contributed by atoms with Crippen LogP contribution in [0.3, 0.4) is 0 Å². The molecule has 1 amide bonds. The van der Waals surface area contributed by atoms with E-state index in [0.717, 1.165) is 10.7 Å². The monoisotopic (exact) mass is 310 g/mol. The van der Waals surface area contributed by atoms with E-state index >= 15 is 0 Å². The lowest BCUT2D eigenvalue weighted by molar-refractivity contribution is -0.124. The van der Waals surface area contributed by atoms with Gasteiger partial charge in [0.1, 0.15) is 5.69 Å². The summed E-state index contributed by atoms with van der Waals surface area (Å²) in [5.74, 6) is 0.574. The van der Waals surface area contributed by atoms with Gasteiger partial charge in [-0.2, -0.15) is 4.98 Å². The van der Waals surface area contributed by atoms with Crippen molar-refractivity contribution < 1.29 is 9.53 Å². The Balaban J connectivity index is 2.04. The van der Waals surface area contributed by atoms with Crippen LogP contribution in [0.2, 0.25) is 0 Å². The van der Waals surface area contributed by atoms with Crippen molar-refractivity contribution in [2.75, 3.05) is 7.11 Å². The topological polar surface area (TPSA) is 67.7 Å². The molecule has 21 heavy (non-hydrogen) atoms.